The highest BCUT2D eigenvalue weighted by Gasteiger charge is 2.15. The number of aromatic nitrogens is 2. The van der Waals surface area contributed by atoms with E-state index in [1.165, 1.54) is 0 Å². The molecular weight excluding hydrogens is 440 g/mol. The first kappa shape index (κ1) is 22.8. The summed E-state index contributed by atoms with van der Waals surface area (Å²) in [5, 5.41) is 7.07. The van der Waals surface area contributed by atoms with Crippen molar-refractivity contribution in [1.82, 2.24) is 10.1 Å². The molecule has 1 saturated heterocycles. The van der Waals surface area contributed by atoms with Crippen molar-refractivity contribution in [1.29, 1.82) is 0 Å². The minimum atomic E-state index is -0.137. The molecule has 1 aliphatic heterocycles. The fourth-order valence-corrected chi connectivity index (χ4v) is 4.38. The van der Waals surface area contributed by atoms with Crippen LogP contribution in [0.2, 0.25) is 0 Å². The number of carbonyl (C=O) groups is 1. The molecule has 0 unspecified atom stereocenters. The Morgan fingerprint density at radius 3 is 2.49 bits per heavy atom. The molecule has 5 rings (SSSR count). The van der Waals surface area contributed by atoms with E-state index in [9.17, 15) is 4.79 Å². The van der Waals surface area contributed by atoms with Gasteiger partial charge in [-0.3, -0.25) is 4.79 Å². The van der Waals surface area contributed by atoms with Gasteiger partial charge in [-0.25, -0.2) is 0 Å². The van der Waals surface area contributed by atoms with Gasteiger partial charge >= 0.3 is 0 Å². The zero-order valence-corrected chi connectivity index (χ0v) is 20.2. The summed E-state index contributed by atoms with van der Waals surface area (Å²) < 4.78 is 10.6. The Bertz CT molecular complexity index is 1370. The van der Waals surface area contributed by atoms with E-state index in [1.807, 2.05) is 54.6 Å². The number of morpholine rings is 1. The van der Waals surface area contributed by atoms with Crippen LogP contribution in [0.3, 0.4) is 0 Å². The van der Waals surface area contributed by atoms with E-state index in [2.05, 4.69) is 40.3 Å². The third-order valence-electron chi connectivity index (χ3n) is 6.28. The molecule has 7 heteroatoms. The average Bonchev–Trinajstić information content (AvgIpc) is 3.31. The molecular formula is C28H28N4O3. The Balaban J connectivity index is 1.38. The van der Waals surface area contributed by atoms with E-state index in [4.69, 9.17) is 9.26 Å². The maximum absolute atomic E-state index is 13.2. The van der Waals surface area contributed by atoms with E-state index in [1.54, 1.807) is 6.92 Å². The van der Waals surface area contributed by atoms with Gasteiger partial charge in [-0.15, -0.1) is 0 Å². The fraction of sp³-hybridized carbons (Fsp3) is 0.250. The number of hydrogen-bond donors (Lipinski definition) is 1. The average molecular weight is 469 g/mol. The summed E-state index contributed by atoms with van der Waals surface area (Å²) in [6.07, 6.45) is 0. The number of benzene rings is 3. The topological polar surface area (TPSA) is 80.5 Å². The highest BCUT2D eigenvalue weighted by atomic mass is 16.5. The normalized spacial score (nSPS) is 13.6. The quantitative estimate of drug-likeness (QED) is 0.421. The monoisotopic (exact) mass is 468 g/mol. The Morgan fingerprint density at radius 1 is 0.914 bits per heavy atom. The minimum absolute atomic E-state index is 0.137. The lowest BCUT2D eigenvalue weighted by molar-refractivity contribution is 0.102. The number of carbonyl (C=O) groups excluding carboxylic acids is 1. The molecule has 1 aliphatic rings. The molecule has 2 heterocycles. The summed E-state index contributed by atoms with van der Waals surface area (Å²) >= 11 is 0. The maximum Gasteiger partial charge on any atom is 0.255 e. The molecule has 1 amide bonds. The lowest BCUT2D eigenvalue weighted by atomic mass is 9.93. The van der Waals surface area contributed by atoms with Crippen LogP contribution in [-0.2, 0) is 4.74 Å². The molecule has 0 aliphatic carbocycles. The molecule has 178 valence electrons. The molecule has 0 bridgehead atoms. The summed E-state index contributed by atoms with van der Waals surface area (Å²) in [6, 6.07) is 19.9. The van der Waals surface area contributed by atoms with E-state index < -0.39 is 0 Å². The summed E-state index contributed by atoms with van der Waals surface area (Å²) in [6.45, 7) is 9.02. The molecule has 0 spiro atoms. The van der Waals surface area contributed by atoms with Gasteiger partial charge in [0.15, 0.2) is 0 Å². The van der Waals surface area contributed by atoms with Crippen molar-refractivity contribution in [2.45, 2.75) is 20.8 Å². The molecule has 35 heavy (non-hydrogen) atoms. The molecule has 1 aromatic heterocycles. The predicted molar refractivity (Wildman–Crippen MR) is 137 cm³/mol. The minimum Gasteiger partial charge on any atom is -0.378 e. The Labute approximate surface area is 204 Å². The lowest BCUT2D eigenvalue weighted by Gasteiger charge is -2.29. The molecule has 3 aromatic carbocycles. The number of ether oxygens (including phenoxy) is 1. The maximum atomic E-state index is 13.2. The second-order valence-electron chi connectivity index (χ2n) is 8.80. The summed E-state index contributed by atoms with van der Waals surface area (Å²) in [7, 11) is 0. The Kier molecular flexibility index (Phi) is 6.33. The number of anilines is 2. The first-order valence-corrected chi connectivity index (χ1v) is 11.7. The van der Waals surface area contributed by atoms with Crippen LogP contribution in [0.4, 0.5) is 11.4 Å². The van der Waals surface area contributed by atoms with Gasteiger partial charge in [0.25, 0.3) is 5.91 Å². The molecule has 1 fully saturated rings. The van der Waals surface area contributed by atoms with Crippen LogP contribution < -0.4 is 10.2 Å². The third-order valence-corrected chi connectivity index (χ3v) is 6.28. The zero-order chi connectivity index (χ0) is 24.4. The third kappa shape index (κ3) is 4.95. The molecule has 4 aromatic rings. The number of aryl methyl sites for hydroxylation is 3. The van der Waals surface area contributed by atoms with Crippen LogP contribution >= 0.6 is 0 Å². The lowest BCUT2D eigenvalue weighted by Crippen LogP contribution is -2.36. The van der Waals surface area contributed by atoms with Crippen molar-refractivity contribution in [2.75, 3.05) is 36.5 Å². The predicted octanol–water partition coefficient (Wildman–Crippen LogP) is 5.42. The van der Waals surface area contributed by atoms with Gasteiger partial charge in [0.1, 0.15) is 0 Å². The molecule has 0 atom stereocenters. The first-order chi connectivity index (χ1) is 17.0. The van der Waals surface area contributed by atoms with Crippen molar-refractivity contribution in [2.24, 2.45) is 0 Å². The van der Waals surface area contributed by atoms with Crippen LogP contribution in [0.25, 0.3) is 22.5 Å². The smallest absolute Gasteiger partial charge is 0.255 e. The summed E-state index contributed by atoms with van der Waals surface area (Å²) in [4.78, 5) is 19.7. The van der Waals surface area contributed by atoms with E-state index in [0.29, 0.717) is 17.3 Å². The Hall–Kier alpha value is -3.97. The van der Waals surface area contributed by atoms with Gasteiger partial charge < -0.3 is 19.5 Å². The van der Waals surface area contributed by atoms with Crippen molar-refractivity contribution in [3.8, 4) is 22.5 Å². The number of amides is 1. The summed E-state index contributed by atoms with van der Waals surface area (Å²) in [5.74, 6) is 0.968. The van der Waals surface area contributed by atoms with E-state index in [0.717, 1.165) is 65.5 Å². The van der Waals surface area contributed by atoms with E-state index in [-0.39, 0.29) is 5.91 Å². The number of hydrogen-bond acceptors (Lipinski definition) is 6. The highest BCUT2D eigenvalue weighted by Crippen LogP contribution is 2.31. The number of nitrogens with zero attached hydrogens (tertiary/aromatic N) is 3. The van der Waals surface area contributed by atoms with Crippen LogP contribution in [0, 0.1) is 20.8 Å². The van der Waals surface area contributed by atoms with Gasteiger partial charge in [-0.1, -0.05) is 29.4 Å². The highest BCUT2D eigenvalue weighted by molar-refractivity contribution is 6.05. The molecule has 0 radical (unpaired) electrons. The van der Waals surface area contributed by atoms with Crippen LogP contribution in [0.15, 0.2) is 65.2 Å². The molecule has 7 nitrogen and oxygen atoms in total. The van der Waals surface area contributed by atoms with Gasteiger partial charge in [0.2, 0.25) is 11.7 Å². The SMILES string of the molecule is Cc1nc(-c2ccc(-c3cc(C(=O)Nc4cccc(N5CCOCC5)c4)ccc3C)c(C)c2)no1. The van der Waals surface area contributed by atoms with Crippen molar-refractivity contribution >= 4 is 17.3 Å². The van der Waals surface area contributed by atoms with Gasteiger partial charge in [-0.2, -0.15) is 4.98 Å². The van der Waals surface area contributed by atoms with Crippen LogP contribution in [-0.4, -0.2) is 42.4 Å². The second-order valence-corrected chi connectivity index (χ2v) is 8.80. The second kappa shape index (κ2) is 9.72. The van der Waals surface area contributed by atoms with Crippen molar-refractivity contribution in [3.63, 3.8) is 0 Å². The standard InChI is InChI=1S/C28H28N4O3/c1-18-7-8-22(28(33)30-23-5-4-6-24(17-23)32-11-13-34-14-12-32)16-26(18)25-10-9-21(15-19(25)2)27-29-20(3)35-31-27/h4-10,15-17H,11-14H2,1-3H3,(H,30,33). The fourth-order valence-electron chi connectivity index (χ4n) is 4.38. The van der Waals surface area contributed by atoms with E-state index >= 15 is 0 Å². The van der Waals surface area contributed by atoms with Crippen LogP contribution in [0.1, 0.15) is 27.4 Å². The van der Waals surface area contributed by atoms with Gasteiger partial charge in [0, 0.05) is 42.5 Å². The largest absolute Gasteiger partial charge is 0.378 e. The number of nitrogens with one attached hydrogen (secondary N) is 1. The molecule has 0 saturated carbocycles. The van der Waals surface area contributed by atoms with Gasteiger partial charge in [0.05, 0.1) is 13.2 Å². The van der Waals surface area contributed by atoms with Crippen LogP contribution in [0.5, 0.6) is 0 Å². The number of rotatable bonds is 5. The zero-order valence-electron chi connectivity index (χ0n) is 20.2. The van der Waals surface area contributed by atoms with Crippen molar-refractivity contribution in [3.05, 3.63) is 83.2 Å². The molecule has 1 N–H and O–H groups in total. The van der Waals surface area contributed by atoms with Gasteiger partial charge in [-0.05, 0) is 72.5 Å². The summed E-state index contributed by atoms with van der Waals surface area (Å²) in [5.41, 5.74) is 7.63. The first-order valence-electron chi connectivity index (χ1n) is 11.7. The van der Waals surface area contributed by atoms with Crippen molar-refractivity contribution < 1.29 is 14.1 Å². The Morgan fingerprint density at radius 2 is 1.74 bits per heavy atom.